The van der Waals surface area contributed by atoms with Crippen molar-refractivity contribution in [2.24, 2.45) is 0 Å². The first kappa shape index (κ1) is 24.8. The minimum absolute atomic E-state index is 0.105. The Hall–Kier alpha value is -5.74. The third-order valence-corrected chi connectivity index (χ3v) is 8.99. The van der Waals surface area contributed by atoms with Gasteiger partial charge in [0.15, 0.2) is 0 Å². The zero-order chi connectivity index (χ0) is 29.0. The van der Waals surface area contributed by atoms with Gasteiger partial charge in [-0.1, -0.05) is 121 Å². The van der Waals surface area contributed by atoms with Gasteiger partial charge in [0.1, 0.15) is 11.6 Å². The maximum Gasteiger partial charge on any atom is 0.111 e. The normalized spacial score (nSPS) is 18.0. The number of dihydropyridines is 2. The summed E-state index contributed by atoms with van der Waals surface area (Å²) in [5.74, 6) is 2.14. The topological polar surface area (TPSA) is 33.9 Å². The van der Waals surface area contributed by atoms with Crippen molar-refractivity contribution in [1.29, 1.82) is 0 Å². The largest absolute Gasteiger partial charge is 0.361 e. The molecule has 2 aromatic heterocycles. The highest BCUT2D eigenvalue weighted by Crippen LogP contribution is 2.40. The number of nitrogens with one attached hydrogen (secondary N) is 2. The molecule has 2 atom stereocenters. The Morgan fingerprint density at radius 3 is 1.27 bits per heavy atom. The summed E-state index contributed by atoms with van der Waals surface area (Å²) in [5.41, 5.74) is 7.25. The first-order valence-electron chi connectivity index (χ1n) is 15.2. The summed E-state index contributed by atoms with van der Waals surface area (Å²) in [6.07, 6.45) is 13.2. The highest BCUT2D eigenvalue weighted by atomic mass is 15.2. The van der Waals surface area contributed by atoms with Crippen LogP contribution in [-0.2, 0) is 0 Å². The van der Waals surface area contributed by atoms with Crippen molar-refractivity contribution in [2.75, 3.05) is 0 Å². The smallest absolute Gasteiger partial charge is 0.111 e. The number of fused-ring (bicyclic) bond motifs is 6. The van der Waals surface area contributed by atoms with Gasteiger partial charge in [-0.15, -0.1) is 0 Å². The predicted molar refractivity (Wildman–Crippen MR) is 184 cm³/mol. The van der Waals surface area contributed by atoms with Crippen molar-refractivity contribution < 1.29 is 0 Å². The molecule has 9 rings (SSSR count). The maximum absolute atomic E-state index is 3.82. The van der Waals surface area contributed by atoms with Crippen LogP contribution in [0.2, 0.25) is 0 Å². The molecule has 7 aromatic rings. The molecule has 0 amide bonds. The monoisotopic (exact) mass is 566 g/mol. The fourth-order valence-electron chi connectivity index (χ4n) is 6.96. The minimum atomic E-state index is 0.105. The zero-order valence-corrected chi connectivity index (χ0v) is 24.1. The number of hydrogen-bond donors (Lipinski definition) is 2. The Labute approximate surface area is 255 Å². The fraction of sp³-hybridized carbons (Fsp3) is 0.0500. The van der Waals surface area contributed by atoms with Crippen LogP contribution in [0.3, 0.4) is 0 Å². The molecular formula is C40H30N4. The average Bonchev–Trinajstić information content (AvgIpc) is 3.60. The van der Waals surface area contributed by atoms with E-state index in [1.165, 1.54) is 54.7 Å². The van der Waals surface area contributed by atoms with Crippen LogP contribution < -0.4 is 10.6 Å². The molecule has 0 spiro atoms. The summed E-state index contributed by atoms with van der Waals surface area (Å²) in [5, 5.41) is 12.6. The predicted octanol–water partition coefficient (Wildman–Crippen LogP) is 9.30. The van der Waals surface area contributed by atoms with Crippen LogP contribution in [0.15, 0.2) is 158 Å². The minimum Gasteiger partial charge on any atom is -0.361 e. The van der Waals surface area contributed by atoms with Gasteiger partial charge in [-0.25, -0.2) is 0 Å². The van der Waals surface area contributed by atoms with Crippen molar-refractivity contribution in [2.45, 2.75) is 12.1 Å². The third-order valence-electron chi connectivity index (χ3n) is 8.99. The van der Waals surface area contributed by atoms with Gasteiger partial charge >= 0.3 is 0 Å². The molecule has 2 unspecified atom stereocenters. The molecule has 2 aliphatic rings. The van der Waals surface area contributed by atoms with Crippen molar-refractivity contribution in [3.05, 3.63) is 169 Å². The standard InChI is InChI=1S/C40H30N4/c1-3-13-27(14-4-1)33-19-11-23-39(41-33)43-35-21-9-7-17-29(35)31-26-38-32(25-37(31)43)30-18-8-10-22-36(30)44(38)40-24-12-20-34(42-40)28-15-5-2-6-16-28/h1-26,33-34,41-42H. The third kappa shape index (κ3) is 3.85. The molecular weight excluding hydrogens is 536 g/mol. The summed E-state index contributed by atoms with van der Waals surface area (Å²) < 4.78 is 4.78. The van der Waals surface area contributed by atoms with Gasteiger partial charge in [-0.05, 0) is 47.5 Å². The van der Waals surface area contributed by atoms with E-state index in [0.717, 1.165) is 11.6 Å². The quantitative estimate of drug-likeness (QED) is 0.223. The molecule has 2 N–H and O–H groups in total. The van der Waals surface area contributed by atoms with Crippen LogP contribution >= 0.6 is 0 Å². The lowest BCUT2D eigenvalue weighted by molar-refractivity contribution is 0.736. The van der Waals surface area contributed by atoms with Gasteiger partial charge in [0.05, 0.1) is 34.2 Å². The molecule has 0 radical (unpaired) electrons. The van der Waals surface area contributed by atoms with Gasteiger partial charge in [-0.3, -0.25) is 9.13 Å². The number of rotatable bonds is 4. The first-order valence-corrected chi connectivity index (χ1v) is 15.2. The molecule has 0 saturated heterocycles. The summed E-state index contributed by atoms with van der Waals surface area (Å²) in [7, 11) is 0. The highest BCUT2D eigenvalue weighted by molar-refractivity contribution is 6.19. The van der Waals surface area contributed by atoms with E-state index < -0.39 is 0 Å². The molecule has 0 bridgehead atoms. The molecule has 2 aliphatic heterocycles. The second-order valence-electron chi connectivity index (χ2n) is 11.5. The Balaban J connectivity index is 1.25. The van der Waals surface area contributed by atoms with Crippen LogP contribution in [0.4, 0.5) is 0 Å². The molecule has 0 fully saturated rings. The number of nitrogens with zero attached hydrogens (tertiary/aromatic N) is 2. The Morgan fingerprint density at radius 1 is 0.409 bits per heavy atom. The van der Waals surface area contributed by atoms with Crippen molar-refractivity contribution in [3.8, 4) is 0 Å². The lowest BCUT2D eigenvalue weighted by atomic mass is 10.0. The van der Waals surface area contributed by atoms with Crippen LogP contribution in [-0.4, -0.2) is 9.13 Å². The second-order valence-corrected chi connectivity index (χ2v) is 11.5. The molecule has 5 aromatic carbocycles. The molecule has 4 heterocycles. The number of para-hydroxylation sites is 2. The lowest BCUT2D eigenvalue weighted by Gasteiger charge is -2.24. The average molecular weight is 567 g/mol. The SMILES string of the molecule is C1=CC(c2ccccc2)NC(n2c3ccccc3c3cc4c(cc32)c2ccccc2n4C2=CC=CC(c3ccccc3)N2)=C1. The van der Waals surface area contributed by atoms with E-state index in [1.807, 2.05) is 0 Å². The number of hydrogen-bond acceptors (Lipinski definition) is 2. The number of aromatic nitrogens is 2. The van der Waals surface area contributed by atoms with Gasteiger partial charge in [0.2, 0.25) is 0 Å². The van der Waals surface area contributed by atoms with E-state index in [2.05, 4.69) is 178 Å². The Kier molecular flexibility index (Phi) is 5.60. The summed E-state index contributed by atoms with van der Waals surface area (Å²) in [6, 6.07) is 43.7. The molecule has 210 valence electrons. The summed E-state index contributed by atoms with van der Waals surface area (Å²) in [4.78, 5) is 0. The van der Waals surface area contributed by atoms with Crippen LogP contribution in [0.5, 0.6) is 0 Å². The van der Waals surface area contributed by atoms with E-state index in [0.29, 0.717) is 0 Å². The number of benzene rings is 5. The van der Waals surface area contributed by atoms with Crippen LogP contribution in [0, 0.1) is 0 Å². The number of allylic oxidation sites excluding steroid dienone is 4. The van der Waals surface area contributed by atoms with E-state index in [-0.39, 0.29) is 12.1 Å². The van der Waals surface area contributed by atoms with E-state index >= 15 is 0 Å². The lowest BCUT2D eigenvalue weighted by Crippen LogP contribution is -2.24. The summed E-state index contributed by atoms with van der Waals surface area (Å²) >= 11 is 0. The second kappa shape index (κ2) is 9.92. The van der Waals surface area contributed by atoms with Crippen LogP contribution in [0.25, 0.3) is 55.3 Å². The van der Waals surface area contributed by atoms with E-state index in [1.54, 1.807) is 0 Å². The van der Waals surface area contributed by atoms with Gasteiger partial charge in [0, 0.05) is 21.5 Å². The molecule has 4 nitrogen and oxygen atoms in total. The van der Waals surface area contributed by atoms with Crippen molar-refractivity contribution in [3.63, 3.8) is 0 Å². The van der Waals surface area contributed by atoms with Crippen molar-refractivity contribution >= 4 is 55.3 Å². The Morgan fingerprint density at radius 2 is 0.818 bits per heavy atom. The van der Waals surface area contributed by atoms with E-state index in [9.17, 15) is 0 Å². The fourth-order valence-corrected chi connectivity index (χ4v) is 6.96. The molecule has 4 heteroatoms. The molecule has 0 saturated carbocycles. The first-order chi connectivity index (χ1) is 21.8. The Bertz CT molecular complexity index is 2160. The molecule has 0 aliphatic carbocycles. The van der Waals surface area contributed by atoms with Crippen molar-refractivity contribution in [1.82, 2.24) is 19.8 Å². The maximum atomic E-state index is 3.82. The van der Waals surface area contributed by atoms with E-state index in [4.69, 9.17) is 0 Å². The zero-order valence-electron chi connectivity index (χ0n) is 24.1. The van der Waals surface area contributed by atoms with Gasteiger partial charge in [0.25, 0.3) is 0 Å². The van der Waals surface area contributed by atoms with Gasteiger partial charge in [-0.2, -0.15) is 0 Å². The van der Waals surface area contributed by atoms with Crippen LogP contribution in [0.1, 0.15) is 23.2 Å². The highest BCUT2D eigenvalue weighted by Gasteiger charge is 2.22. The van der Waals surface area contributed by atoms with Gasteiger partial charge < -0.3 is 10.6 Å². The molecule has 44 heavy (non-hydrogen) atoms. The summed E-state index contributed by atoms with van der Waals surface area (Å²) in [6.45, 7) is 0.